The zero-order chi connectivity index (χ0) is 26.2. The fourth-order valence-electron chi connectivity index (χ4n) is 5.73. The maximum atomic E-state index is 13.2. The monoisotopic (exact) mass is 504 g/mol. The average molecular weight is 505 g/mol. The number of benzene rings is 2. The van der Waals surface area contributed by atoms with Gasteiger partial charge in [-0.25, -0.2) is 0 Å². The molecule has 0 spiro atoms. The van der Waals surface area contributed by atoms with Gasteiger partial charge in [-0.1, -0.05) is 74.4 Å². The summed E-state index contributed by atoms with van der Waals surface area (Å²) in [5, 5.41) is 0. The van der Waals surface area contributed by atoms with E-state index in [-0.39, 0.29) is 5.91 Å². The molecule has 5 nitrogen and oxygen atoms in total. The lowest BCUT2D eigenvalue weighted by Crippen LogP contribution is -2.54. The lowest BCUT2D eigenvalue weighted by molar-refractivity contribution is -0.134. The fraction of sp³-hybridized carbons (Fsp3) is 0.594. The Hall–Kier alpha value is -2.21. The minimum absolute atomic E-state index is 0.0945. The van der Waals surface area contributed by atoms with Crippen molar-refractivity contribution in [3.63, 3.8) is 0 Å². The van der Waals surface area contributed by atoms with Crippen LogP contribution < -0.4 is 5.73 Å². The maximum absolute atomic E-state index is 13.2. The predicted molar refractivity (Wildman–Crippen MR) is 154 cm³/mol. The Balaban J connectivity index is 1.30. The van der Waals surface area contributed by atoms with Crippen LogP contribution in [0.25, 0.3) is 0 Å². The van der Waals surface area contributed by atoms with Gasteiger partial charge in [-0.3, -0.25) is 9.69 Å². The number of rotatable bonds is 13. The molecule has 0 aromatic heterocycles. The summed E-state index contributed by atoms with van der Waals surface area (Å²) >= 11 is 0. The van der Waals surface area contributed by atoms with E-state index in [1.165, 1.54) is 48.9 Å². The Morgan fingerprint density at radius 2 is 1.59 bits per heavy atom. The maximum Gasteiger partial charge on any atom is 0.239 e. The average Bonchev–Trinajstić information content (AvgIpc) is 3.77. The van der Waals surface area contributed by atoms with Gasteiger partial charge in [0, 0.05) is 32.2 Å². The number of hydrogen-bond acceptors (Lipinski definition) is 4. The molecule has 2 fully saturated rings. The summed E-state index contributed by atoms with van der Waals surface area (Å²) in [7, 11) is 0. The molecule has 2 aromatic rings. The Kier molecular flexibility index (Phi) is 10.2. The molecule has 202 valence electrons. The zero-order valence-corrected chi connectivity index (χ0v) is 23.4. The van der Waals surface area contributed by atoms with Crippen LogP contribution in [0, 0.1) is 6.92 Å². The molecule has 37 heavy (non-hydrogen) atoms. The number of carbonyl (C=O) groups excluding carboxylic acids is 1. The van der Waals surface area contributed by atoms with Gasteiger partial charge in [-0.15, -0.1) is 0 Å². The molecule has 1 amide bonds. The smallest absolute Gasteiger partial charge is 0.239 e. The van der Waals surface area contributed by atoms with Gasteiger partial charge in [0.1, 0.15) is 0 Å². The van der Waals surface area contributed by atoms with E-state index in [1.807, 2.05) is 4.90 Å². The summed E-state index contributed by atoms with van der Waals surface area (Å²) in [4.78, 5) is 20.3. The van der Waals surface area contributed by atoms with Crippen LogP contribution >= 0.6 is 0 Å². The largest absolute Gasteiger partial charge is 0.339 e. The van der Waals surface area contributed by atoms with Gasteiger partial charge in [0.05, 0.1) is 6.04 Å². The first-order valence-electron chi connectivity index (χ1n) is 14.6. The molecule has 1 heterocycles. The number of nitrogens with zero attached hydrogens (tertiary/aromatic N) is 3. The van der Waals surface area contributed by atoms with E-state index in [0.29, 0.717) is 12.5 Å². The first kappa shape index (κ1) is 27.8. The van der Waals surface area contributed by atoms with Crippen molar-refractivity contribution in [2.24, 2.45) is 5.73 Å². The van der Waals surface area contributed by atoms with Crippen LogP contribution in [-0.4, -0.2) is 72.5 Å². The molecule has 1 saturated heterocycles. The highest BCUT2D eigenvalue weighted by Gasteiger charge is 2.29. The highest BCUT2D eigenvalue weighted by atomic mass is 16.2. The number of unbranched alkanes of at least 4 members (excludes halogenated alkanes) is 1. The lowest BCUT2D eigenvalue weighted by atomic mass is 9.97. The standard InChI is InChI=1S/C32H48N4O/c1-4-34(5-2)19-7-6-8-31(29-13-9-25(3)10-14-29)35-20-22-36(23-21-35)32(37)30(33)24-26-11-15-27(16-12-26)28-17-18-28/h9-16,28,30-31H,4-8,17-24,33H2,1-3H3. The third-order valence-electron chi connectivity index (χ3n) is 8.43. The molecule has 0 bridgehead atoms. The summed E-state index contributed by atoms with van der Waals surface area (Å²) in [5.41, 5.74) is 11.7. The van der Waals surface area contributed by atoms with E-state index in [9.17, 15) is 4.79 Å². The molecule has 5 heteroatoms. The number of aryl methyl sites for hydroxylation is 1. The molecule has 0 radical (unpaired) electrons. The minimum Gasteiger partial charge on any atom is -0.339 e. The van der Waals surface area contributed by atoms with Crippen molar-refractivity contribution in [1.82, 2.24) is 14.7 Å². The van der Waals surface area contributed by atoms with E-state index in [1.54, 1.807) is 0 Å². The third-order valence-corrected chi connectivity index (χ3v) is 8.43. The predicted octanol–water partition coefficient (Wildman–Crippen LogP) is 5.14. The molecule has 1 aliphatic carbocycles. The summed E-state index contributed by atoms with van der Waals surface area (Å²) < 4.78 is 0. The lowest BCUT2D eigenvalue weighted by Gasteiger charge is -2.40. The number of carbonyl (C=O) groups is 1. The number of amides is 1. The van der Waals surface area contributed by atoms with Gasteiger partial charge >= 0.3 is 0 Å². The van der Waals surface area contributed by atoms with Crippen LogP contribution in [0.5, 0.6) is 0 Å². The second-order valence-corrected chi connectivity index (χ2v) is 11.1. The summed E-state index contributed by atoms with van der Waals surface area (Å²) in [6.07, 6.45) is 6.85. The van der Waals surface area contributed by atoms with E-state index in [2.05, 4.69) is 79.1 Å². The van der Waals surface area contributed by atoms with Crippen LogP contribution in [0.1, 0.15) is 80.2 Å². The first-order chi connectivity index (χ1) is 18.0. The first-order valence-corrected chi connectivity index (χ1v) is 14.6. The Bertz CT molecular complexity index is 957. The molecular formula is C32H48N4O. The molecular weight excluding hydrogens is 456 g/mol. The van der Waals surface area contributed by atoms with E-state index < -0.39 is 6.04 Å². The van der Waals surface area contributed by atoms with Gasteiger partial charge in [0.25, 0.3) is 0 Å². The molecule has 1 saturated carbocycles. The van der Waals surface area contributed by atoms with E-state index in [4.69, 9.17) is 5.73 Å². The quantitative estimate of drug-likeness (QED) is 0.384. The highest BCUT2D eigenvalue weighted by Crippen LogP contribution is 2.40. The molecule has 2 aliphatic rings. The summed E-state index contributed by atoms with van der Waals surface area (Å²) in [5.74, 6) is 0.851. The topological polar surface area (TPSA) is 52.8 Å². The Morgan fingerprint density at radius 1 is 0.946 bits per heavy atom. The minimum atomic E-state index is -0.466. The van der Waals surface area contributed by atoms with Gasteiger partial charge in [0.2, 0.25) is 5.91 Å². The van der Waals surface area contributed by atoms with Gasteiger partial charge in [0.15, 0.2) is 0 Å². The van der Waals surface area contributed by atoms with Gasteiger partial charge in [-0.2, -0.15) is 0 Å². The van der Waals surface area contributed by atoms with Crippen LogP contribution in [0.2, 0.25) is 0 Å². The molecule has 2 atom stereocenters. The Morgan fingerprint density at radius 3 is 2.19 bits per heavy atom. The summed E-state index contributed by atoms with van der Waals surface area (Å²) in [6, 6.07) is 17.8. The second kappa shape index (κ2) is 13.5. The molecule has 4 rings (SSSR count). The number of hydrogen-bond donors (Lipinski definition) is 1. The molecule has 2 aromatic carbocycles. The second-order valence-electron chi connectivity index (χ2n) is 11.1. The van der Waals surface area contributed by atoms with Crippen molar-refractivity contribution in [3.8, 4) is 0 Å². The normalized spacial score (nSPS) is 18.2. The van der Waals surface area contributed by atoms with Crippen molar-refractivity contribution in [2.75, 3.05) is 45.8 Å². The molecule has 1 aliphatic heterocycles. The van der Waals surface area contributed by atoms with Crippen LogP contribution in [-0.2, 0) is 11.2 Å². The third kappa shape index (κ3) is 7.89. The van der Waals surface area contributed by atoms with Crippen LogP contribution in [0.3, 0.4) is 0 Å². The van der Waals surface area contributed by atoms with Crippen molar-refractivity contribution in [1.29, 1.82) is 0 Å². The van der Waals surface area contributed by atoms with E-state index in [0.717, 1.165) is 57.2 Å². The molecule has 2 unspecified atom stereocenters. The van der Waals surface area contributed by atoms with Crippen LogP contribution in [0.4, 0.5) is 0 Å². The highest BCUT2D eigenvalue weighted by molar-refractivity contribution is 5.82. The van der Waals surface area contributed by atoms with E-state index >= 15 is 0 Å². The van der Waals surface area contributed by atoms with Gasteiger partial charge in [-0.05, 0) is 81.3 Å². The number of nitrogens with two attached hydrogens (primary N) is 1. The van der Waals surface area contributed by atoms with Crippen molar-refractivity contribution in [3.05, 3.63) is 70.8 Å². The summed E-state index contributed by atoms with van der Waals surface area (Å²) in [6.45, 7) is 13.4. The SMILES string of the molecule is CCN(CC)CCCCC(c1ccc(C)cc1)N1CCN(C(=O)C(N)Cc2ccc(C3CC3)cc2)CC1. The zero-order valence-electron chi connectivity index (χ0n) is 23.4. The molecule has 2 N–H and O–H groups in total. The van der Waals surface area contributed by atoms with Crippen molar-refractivity contribution < 1.29 is 4.79 Å². The van der Waals surface area contributed by atoms with Crippen molar-refractivity contribution >= 4 is 5.91 Å². The fourth-order valence-corrected chi connectivity index (χ4v) is 5.73. The Labute approximate surface area is 225 Å². The number of piperazine rings is 1. The van der Waals surface area contributed by atoms with Crippen molar-refractivity contribution in [2.45, 2.75) is 77.3 Å². The van der Waals surface area contributed by atoms with Crippen LogP contribution in [0.15, 0.2) is 48.5 Å². The van der Waals surface area contributed by atoms with Gasteiger partial charge < -0.3 is 15.5 Å².